The minimum Gasteiger partial charge on any atom is -0.378 e. The number of fused-ring (bicyclic) bond motifs is 1. The average Bonchev–Trinajstić information content (AvgIpc) is 2.91. The molecule has 6 nitrogen and oxygen atoms in total. The first-order chi connectivity index (χ1) is 17.8. The number of aromatic nitrogens is 1. The van der Waals surface area contributed by atoms with Crippen molar-refractivity contribution >= 4 is 34.0 Å². The van der Waals surface area contributed by atoms with Crippen LogP contribution >= 0.6 is 0 Å². The zero-order valence-corrected chi connectivity index (χ0v) is 19.2. The number of ketones is 1. The molecule has 0 bridgehead atoms. The number of hydrogen-bond donors (Lipinski definition) is 1. The molecule has 4 aromatic rings. The Labute approximate surface area is 208 Å². The quantitative estimate of drug-likeness (QED) is 0.299. The third kappa shape index (κ3) is 5.01. The van der Waals surface area contributed by atoms with Gasteiger partial charge >= 0.3 is 0 Å². The van der Waals surface area contributed by atoms with Gasteiger partial charge in [-0.3, -0.25) is 14.6 Å². The number of carbonyl (C=O) groups excluding carboxylic acids is 2. The molecule has 3 aromatic carbocycles. The summed E-state index contributed by atoms with van der Waals surface area (Å²) >= 11 is 0. The summed E-state index contributed by atoms with van der Waals surface area (Å²) in [5, 5.41) is 2.75. The minimum atomic E-state index is -1.27. The highest BCUT2D eigenvalue weighted by Crippen LogP contribution is 2.27. The van der Waals surface area contributed by atoms with E-state index in [1.54, 1.807) is 18.3 Å². The number of benzene rings is 3. The van der Waals surface area contributed by atoms with Crippen LogP contribution < -0.4 is 10.2 Å². The van der Waals surface area contributed by atoms with Gasteiger partial charge in [0, 0.05) is 35.7 Å². The zero-order chi connectivity index (χ0) is 26.1. The summed E-state index contributed by atoms with van der Waals surface area (Å²) in [6, 6.07) is 10.2. The molecule has 1 fully saturated rings. The highest BCUT2D eigenvalue weighted by atomic mass is 19.2. The second kappa shape index (κ2) is 9.98. The fourth-order valence-corrected chi connectivity index (χ4v) is 4.09. The van der Waals surface area contributed by atoms with E-state index in [9.17, 15) is 22.8 Å². The number of halogens is 4. The summed E-state index contributed by atoms with van der Waals surface area (Å²) in [7, 11) is 0. The molecule has 2 heterocycles. The van der Waals surface area contributed by atoms with E-state index in [1.165, 1.54) is 6.07 Å². The van der Waals surface area contributed by atoms with Gasteiger partial charge in [0.15, 0.2) is 23.2 Å². The standard InChI is InChI=1S/C27H19F4N3O3/c28-18-12-20(25(31)24(13-18)33-27(36)16-1-3-21(29)22(30)11-16)26(35)15-2-4-23-17(9-15)10-19(14-32-23)34-5-7-37-8-6-34/h1-4,9-14H,5-8H2,(H,33,36). The highest BCUT2D eigenvalue weighted by Gasteiger charge is 2.22. The SMILES string of the molecule is O=C(Nc1cc(F)cc(C(=O)c2ccc3ncc(N4CCOCC4)cc3c2)c1F)c1ccc(F)c(F)c1. The lowest BCUT2D eigenvalue weighted by atomic mass is 10.00. The lowest BCUT2D eigenvalue weighted by Gasteiger charge is -2.28. The number of amides is 1. The van der Waals surface area contributed by atoms with E-state index in [4.69, 9.17) is 4.74 Å². The van der Waals surface area contributed by atoms with Crippen LogP contribution in [0.15, 0.2) is 60.8 Å². The molecule has 1 aliphatic rings. The van der Waals surface area contributed by atoms with E-state index in [0.717, 1.165) is 23.9 Å². The number of rotatable bonds is 5. The van der Waals surface area contributed by atoms with Crippen molar-refractivity contribution < 1.29 is 31.9 Å². The maximum absolute atomic E-state index is 15.3. The lowest BCUT2D eigenvalue weighted by Crippen LogP contribution is -2.36. The van der Waals surface area contributed by atoms with Crippen molar-refractivity contribution in [2.45, 2.75) is 0 Å². The molecule has 188 valence electrons. The fourth-order valence-electron chi connectivity index (χ4n) is 4.09. The summed E-state index contributed by atoms with van der Waals surface area (Å²) in [4.78, 5) is 32.1. The summed E-state index contributed by atoms with van der Waals surface area (Å²) in [5.41, 5.74) is 0.0315. The molecule has 1 amide bonds. The van der Waals surface area contributed by atoms with E-state index in [0.29, 0.717) is 49.3 Å². The Kier molecular flexibility index (Phi) is 6.58. The maximum atomic E-state index is 15.3. The molecule has 1 N–H and O–H groups in total. The van der Waals surface area contributed by atoms with Crippen LogP contribution in [-0.2, 0) is 4.74 Å². The minimum absolute atomic E-state index is 0.0933. The van der Waals surface area contributed by atoms with Gasteiger partial charge in [0.25, 0.3) is 5.91 Å². The molecule has 1 aromatic heterocycles. The molecule has 0 saturated carbocycles. The number of anilines is 2. The second-order valence-corrected chi connectivity index (χ2v) is 8.43. The van der Waals surface area contributed by atoms with Crippen molar-refractivity contribution in [3.8, 4) is 0 Å². The van der Waals surface area contributed by atoms with Gasteiger partial charge in [-0.2, -0.15) is 0 Å². The normalized spacial score (nSPS) is 13.6. The Hall–Kier alpha value is -4.31. The first kappa shape index (κ1) is 24.4. The summed E-state index contributed by atoms with van der Waals surface area (Å²) in [6.07, 6.45) is 1.73. The first-order valence-corrected chi connectivity index (χ1v) is 11.3. The predicted molar refractivity (Wildman–Crippen MR) is 129 cm³/mol. The second-order valence-electron chi connectivity index (χ2n) is 8.43. The van der Waals surface area contributed by atoms with E-state index in [-0.39, 0.29) is 11.1 Å². The molecule has 0 unspecified atom stereocenters. The molecular formula is C27H19F4N3O3. The molecule has 37 heavy (non-hydrogen) atoms. The lowest BCUT2D eigenvalue weighted by molar-refractivity contribution is 0.101. The number of morpholine rings is 1. The molecule has 1 aliphatic heterocycles. The van der Waals surface area contributed by atoms with Gasteiger partial charge < -0.3 is 15.0 Å². The van der Waals surface area contributed by atoms with E-state index >= 15 is 4.39 Å². The molecule has 10 heteroatoms. The zero-order valence-electron chi connectivity index (χ0n) is 19.2. The van der Waals surface area contributed by atoms with Crippen LogP contribution in [0.2, 0.25) is 0 Å². The Morgan fingerprint density at radius 2 is 1.62 bits per heavy atom. The molecule has 0 radical (unpaired) electrons. The van der Waals surface area contributed by atoms with Gasteiger partial charge in [-0.05, 0) is 48.5 Å². The van der Waals surface area contributed by atoms with Crippen molar-refractivity contribution in [1.82, 2.24) is 4.98 Å². The number of hydrogen-bond acceptors (Lipinski definition) is 5. The van der Waals surface area contributed by atoms with Crippen LogP contribution in [0.25, 0.3) is 10.9 Å². The first-order valence-electron chi connectivity index (χ1n) is 11.3. The van der Waals surface area contributed by atoms with Crippen LogP contribution in [-0.4, -0.2) is 43.0 Å². The van der Waals surface area contributed by atoms with Crippen LogP contribution in [0, 0.1) is 23.3 Å². The molecule has 0 spiro atoms. The predicted octanol–water partition coefficient (Wildman–Crippen LogP) is 5.11. The monoisotopic (exact) mass is 509 g/mol. The summed E-state index contributed by atoms with van der Waals surface area (Å²) < 4.78 is 61.6. The Morgan fingerprint density at radius 1 is 0.865 bits per heavy atom. The molecule has 0 aliphatic carbocycles. The summed E-state index contributed by atoms with van der Waals surface area (Å²) in [5.74, 6) is -6.38. The largest absolute Gasteiger partial charge is 0.378 e. The fraction of sp³-hybridized carbons (Fsp3) is 0.148. The molecular weight excluding hydrogens is 490 g/mol. The van der Waals surface area contributed by atoms with Gasteiger partial charge in [0.05, 0.1) is 41.9 Å². The molecule has 5 rings (SSSR count). The number of nitrogens with one attached hydrogen (secondary N) is 1. The van der Waals surface area contributed by atoms with Gasteiger partial charge in [-0.15, -0.1) is 0 Å². The van der Waals surface area contributed by atoms with Crippen molar-refractivity contribution in [2.24, 2.45) is 0 Å². The Balaban J connectivity index is 1.45. The van der Waals surface area contributed by atoms with Crippen molar-refractivity contribution in [3.63, 3.8) is 0 Å². The summed E-state index contributed by atoms with van der Waals surface area (Å²) in [6.45, 7) is 2.56. The molecule has 1 saturated heterocycles. The van der Waals surface area contributed by atoms with Crippen LogP contribution in [0.1, 0.15) is 26.3 Å². The maximum Gasteiger partial charge on any atom is 0.255 e. The van der Waals surface area contributed by atoms with E-state index in [1.807, 2.05) is 6.07 Å². The van der Waals surface area contributed by atoms with E-state index in [2.05, 4.69) is 15.2 Å². The van der Waals surface area contributed by atoms with Gasteiger partial charge in [-0.1, -0.05) is 0 Å². The van der Waals surface area contributed by atoms with Crippen LogP contribution in [0.5, 0.6) is 0 Å². The third-order valence-corrected chi connectivity index (χ3v) is 6.02. The average molecular weight is 509 g/mol. The van der Waals surface area contributed by atoms with E-state index < -0.39 is 46.2 Å². The van der Waals surface area contributed by atoms with Gasteiger partial charge in [-0.25, -0.2) is 17.6 Å². The van der Waals surface area contributed by atoms with Crippen molar-refractivity contribution in [2.75, 3.05) is 36.5 Å². The van der Waals surface area contributed by atoms with Crippen LogP contribution in [0.3, 0.4) is 0 Å². The van der Waals surface area contributed by atoms with Gasteiger partial charge in [0.1, 0.15) is 5.82 Å². The number of nitrogens with zero attached hydrogens (tertiary/aromatic N) is 2. The number of pyridine rings is 1. The van der Waals surface area contributed by atoms with Crippen molar-refractivity contribution in [3.05, 3.63) is 101 Å². The topological polar surface area (TPSA) is 71.5 Å². The smallest absolute Gasteiger partial charge is 0.255 e. The van der Waals surface area contributed by atoms with Crippen LogP contribution in [0.4, 0.5) is 28.9 Å². The number of ether oxygens (including phenoxy) is 1. The Bertz CT molecular complexity index is 1540. The third-order valence-electron chi connectivity index (χ3n) is 6.02. The Morgan fingerprint density at radius 3 is 2.38 bits per heavy atom. The number of carbonyl (C=O) groups is 2. The van der Waals surface area contributed by atoms with Gasteiger partial charge in [0.2, 0.25) is 0 Å². The highest BCUT2D eigenvalue weighted by molar-refractivity contribution is 6.12. The molecule has 0 atom stereocenters. The van der Waals surface area contributed by atoms with Crippen molar-refractivity contribution in [1.29, 1.82) is 0 Å².